The molecule has 0 radical (unpaired) electrons. The Labute approximate surface area is 85.6 Å². The van der Waals surface area contributed by atoms with Gasteiger partial charge in [0.25, 0.3) is 0 Å². The highest BCUT2D eigenvalue weighted by Gasteiger charge is 2.20. The predicted molar refractivity (Wildman–Crippen MR) is 49.7 cm³/mol. The Kier molecular flexibility index (Phi) is 3.38. The lowest BCUT2D eigenvalue weighted by Gasteiger charge is -2.08. The van der Waals surface area contributed by atoms with Gasteiger partial charge in [-0.2, -0.15) is 0 Å². The van der Waals surface area contributed by atoms with Crippen LogP contribution in [-0.4, -0.2) is 26.5 Å². The molecule has 1 rings (SSSR count). The number of carbonyl (C=O) groups is 2. The van der Waals surface area contributed by atoms with Crippen molar-refractivity contribution in [2.45, 2.75) is 0 Å². The van der Waals surface area contributed by atoms with Crippen molar-refractivity contribution in [2.24, 2.45) is 0 Å². The van der Waals surface area contributed by atoms with E-state index in [1.807, 2.05) is 0 Å². The fourth-order valence-electron chi connectivity index (χ4n) is 1.18. The van der Waals surface area contributed by atoms with Gasteiger partial charge >= 0.3 is 5.97 Å². The second-order valence-electron chi connectivity index (χ2n) is 2.65. The van der Waals surface area contributed by atoms with E-state index < -0.39 is 17.3 Å². The van der Waals surface area contributed by atoms with Crippen LogP contribution in [0.15, 0.2) is 12.1 Å². The van der Waals surface area contributed by atoms with E-state index in [0.29, 0.717) is 6.29 Å². The Bertz CT molecular complexity index is 401. The number of hydrogen-bond donors (Lipinski definition) is 0. The average Bonchev–Trinajstić information content (AvgIpc) is 2.27. The fourth-order valence-corrected chi connectivity index (χ4v) is 1.18. The molecule has 5 heteroatoms. The monoisotopic (exact) mass is 212 g/mol. The molecule has 0 fully saturated rings. The molecule has 0 aliphatic carbocycles. The average molecular weight is 212 g/mol. The van der Waals surface area contributed by atoms with Gasteiger partial charge < -0.3 is 9.47 Å². The lowest BCUT2D eigenvalue weighted by atomic mass is 10.1. The maximum Gasteiger partial charge on any atom is 0.341 e. The summed E-state index contributed by atoms with van der Waals surface area (Å²) in [6.07, 6.45) is 0.355. The van der Waals surface area contributed by atoms with Gasteiger partial charge in [0, 0.05) is 0 Å². The van der Waals surface area contributed by atoms with Crippen LogP contribution in [0.4, 0.5) is 4.39 Å². The van der Waals surface area contributed by atoms with Crippen LogP contribution in [0.5, 0.6) is 5.75 Å². The second-order valence-corrected chi connectivity index (χ2v) is 2.65. The molecule has 0 saturated carbocycles. The van der Waals surface area contributed by atoms with Crippen LogP contribution in [0.25, 0.3) is 0 Å². The summed E-state index contributed by atoms with van der Waals surface area (Å²) in [5.74, 6) is -1.59. The van der Waals surface area contributed by atoms with Gasteiger partial charge in [0.15, 0.2) is 6.29 Å². The number of aldehydes is 1. The lowest BCUT2D eigenvalue weighted by Crippen LogP contribution is -2.09. The minimum absolute atomic E-state index is 0.131. The molecule has 4 nitrogen and oxygen atoms in total. The van der Waals surface area contributed by atoms with E-state index in [-0.39, 0.29) is 11.3 Å². The van der Waals surface area contributed by atoms with E-state index in [0.717, 1.165) is 13.2 Å². The van der Waals surface area contributed by atoms with Gasteiger partial charge in [-0.25, -0.2) is 9.18 Å². The van der Waals surface area contributed by atoms with Gasteiger partial charge in [0.2, 0.25) is 0 Å². The summed E-state index contributed by atoms with van der Waals surface area (Å²) in [5.41, 5.74) is -0.559. The maximum atomic E-state index is 13.3. The minimum Gasteiger partial charge on any atom is -0.496 e. The summed E-state index contributed by atoms with van der Waals surface area (Å²) < 4.78 is 22.5. The highest BCUT2D eigenvalue weighted by molar-refractivity contribution is 6.00. The Morgan fingerprint density at radius 2 is 2.07 bits per heavy atom. The van der Waals surface area contributed by atoms with Crippen molar-refractivity contribution in [3.05, 3.63) is 29.1 Å². The van der Waals surface area contributed by atoms with E-state index >= 15 is 0 Å². The molecule has 0 bridgehead atoms. The molecule has 0 saturated heterocycles. The molecule has 0 aromatic heterocycles. The van der Waals surface area contributed by atoms with Crippen molar-refractivity contribution in [3.63, 3.8) is 0 Å². The summed E-state index contributed by atoms with van der Waals surface area (Å²) >= 11 is 0. The molecule has 15 heavy (non-hydrogen) atoms. The summed E-state index contributed by atoms with van der Waals surface area (Å²) in [7, 11) is 2.43. The standard InChI is InChI=1S/C10H9FO4/c1-14-8-4-3-7(11)9(6(8)5-12)10(13)15-2/h3-5H,1-2H3. The number of methoxy groups -OCH3 is 2. The topological polar surface area (TPSA) is 52.6 Å². The molecular formula is C10H9FO4. The molecule has 80 valence electrons. The van der Waals surface area contributed by atoms with E-state index in [1.54, 1.807) is 0 Å². The van der Waals surface area contributed by atoms with Crippen molar-refractivity contribution in [1.29, 1.82) is 0 Å². The van der Waals surface area contributed by atoms with E-state index in [2.05, 4.69) is 4.74 Å². The smallest absolute Gasteiger partial charge is 0.341 e. The molecule has 0 N–H and O–H groups in total. The molecule has 1 aromatic rings. The third kappa shape index (κ3) is 1.96. The first-order valence-electron chi connectivity index (χ1n) is 4.05. The fraction of sp³-hybridized carbons (Fsp3) is 0.200. The summed E-state index contributed by atoms with van der Waals surface area (Å²) in [6.45, 7) is 0. The van der Waals surface area contributed by atoms with E-state index in [1.165, 1.54) is 13.2 Å². The second kappa shape index (κ2) is 4.54. The van der Waals surface area contributed by atoms with Crippen LogP contribution in [0, 0.1) is 5.82 Å². The molecule has 1 aromatic carbocycles. The Morgan fingerprint density at radius 1 is 1.40 bits per heavy atom. The third-order valence-electron chi connectivity index (χ3n) is 1.88. The van der Waals surface area contributed by atoms with Gasteiger partial charge in [-0.1, -0.05) is 0 Å². The van der Waals surface area contributed by atoms with Gasteiger partial charge in [-0.3, -0.25) is 4.79 Å². The molecule has 0 aliphatic heterocycles. The summed E-state index contributed by atoms with van der Waals surface area (Å²) in [4.78, 5) is 21.9. The van der Waals surface area contributed by atoms with Gasteiger partial charge in [0.05, 0.1) is 19.8 Å². The first-order valence-corrected chi connectivity index (χ1v) is 4.05. The largest absolute Gasteiger partial charge is 0.496 e. The van der Waals surface area contributed by atoms with E-state index in [9.17, 15) is 14.0 Å². The van der Waals surface area contributed by atoms with Gasteiger partial charge in [-0.05, 0) is 12.1 Å². The Hall–Kier alpha value is -1.91. The quantitative estimate of drug-likeness (QED) is 0.561. The Balaban J connectivity index is 3.45. The molecule has 0 amide bonds. The first kappa shape index (κ1) is 11.2. The summed E-state index contributed by atoms with van der Waals surface area (Å²) in [5, 5.41) is 0. The van der Waals surface area contributed by atoms with Crippen LogP contribution < -0.4 is 4.74 Å². The predicted octanol–water partition coefficient (Wildman–Crippen LogP) is 1.43. The SMILES string of the molecule is COC(=O)c1c(F)ccc(OC)c1C=O. The molecule has 0 heterocycles. The van der Waals surface area contributed by atoms with E-state index in [4.69, 9.17) is 4.74 Å². The molecule has 0 atom stereocenters. The van der Waals surface area contributed by atoms with Crippen molar-refractivity contribution < 1.29 is 23.5 Å². The van der Waals surface area contributed by atoms with Crippen molar-refractivity contribution in [2.75, 3.05) is 14.2 Å². The number of ether oxygens (including phenoxy) is 2. The molecule has 0 unspecified atom stereocenters. The van der Waals surface area contributed by atoms with Crippen LogP contribution in [-0.2, 0) is 4.74 Å². The van der Waals surface area contributed by atoms with Crippen molar-refractivity contribution in [3.8, 4) is 5.75 Å². The molecular weight excluding hydrogens is 203 g/mol. The summed E-state index contributed by atoms with van der Waals surface area (Å²) in [6, 6.07) is 2.31. The van der Waals surface area contributed by atoms with Crippen molar-refractivity contribution in [1.82, 2.24) is 0 Å². The number of benzene rings is 1. The van der Waals surface area contributed by atoms with Crippen molar-refractivity contribution >= 4 is 12.3 Å². The Morgan fingerprint density at radius 3 is 2.53 bits per heavy atom. The van der Waals surface area contributed by atoms with Crippen LogP contribution in [0.3, 0.4) is 0 Å². The number of esters is 1. The zero-order chi connectivity index (χ0) is 11.4. The third-order valence-corrected chi connectivity index (χ3v) is 1.88. The zero-order valence-electron chi connectivity index (χ0n) is 8.24. The van der Waals surface area contributed by atoms with Gasteiger partial charge in [0.1, 0.15) is 17.1 Å². The van der Waals surface area contributed by atoms with Gasteiger partial charge in [-0.15, -0.1) is 0 Å². The maximum absolute atomic E-state index is 13.3. The molecule has 0 spiro atoms. The zero-order valence-corrected chi connectivity index (χ0v) is 8.24. The van der Waals surface area contributed by atoms with Crippen LogP contribution >= 0.6 is 0 Å². The number of rotatable bonds is 3. The van der Waals surface area contributed by atoms with Crippen LogP contribution in [0.2, 0.25) is 0 Å². The normalized spacial score (nSPS) is 9.53. The van der Waals surface area contributed by atoms with Crippen LogP contribution in [0.1, 0.15) is 20.7 Å². The first-order chi connectivity index (χ1) is 7.15. The number of hydrogen-bond acceptors (Lipinski definition) is 4. The molecule has 0 aliphatic rings. The lowest BCUT2D eigenvalue weighted by molar-refractivity contribution is 0.0592. The minimum atomic E-state index is -0.909. The number of carbonyl (C=O) groups excluding carboxylic acids is 2. The highest BCUT2D eigenvalue weighted by atomic mass is 19.1. The highest BCUT2D eigenvalue weighted by Crippen LogP contribution is 2.23. The number of halogens is 1.